The van der Waals surface area contributed by atoms with E-state index in [2.05, 4.69) is 51.8 Å². The van der Waals surface area contributed by atoms with Crippen LogP contribution in [-0.4, -0.2) is 73.5 Å². The molecule has 7 nitrogen and oxygen atoms in total. The summed E-state index contributed by atoms with van der Waals surface area (Å²) in [5, 5.41) is 3.44. The fourth-order valence-corrected chi connectivity index (χ4v) is 3.71. The lowest BCUT2D eigenvalue weighted by Crippen LogP contribution is -2.40. The van der Waals surface area contributed by atoms with Crippen LogP contribution in [0.5, 0.6) is 0 Å². The maximum absolute atomic E-state index is 5.71. The summed E-state index contributed by atoms with van der Waals surface area (Å²) in [4.78, 5) is 11.9. The van der Waals surface area contributed by atoms with Gasteiger partial charge in [0, 0.05) is 39.2 Å². The third-order valence-corrected chi connectivity index (χ3v) is 5.14. The highest BCUT2D eigenvalue weighted by Gasteiger charge is 2.24. The summed E-state index contributed by atoms with van der Waals surface area (Å²) in [5.74, 6) is 2.60. The number of hydrogen-bond donors (Lipinski definition) is 1. The predicted molar refractivity (Wildman–Crippen MR) is 113 cm³/mol. The third kappa shape index (κ3) is 5.23. The molecule has 1 saturated heterocycles. The molecule has 1 aromatic carbocycles. The molecule has 1 aliphatic heterocycles. The Labute approximate surface area is 167 Å². The van der Waals surface area contributed by atoms with Crippen LogP contribution in [0.1, 0.15) is 19.2 Å². The van der Waals surface area contributed by atoms with Gasteiger partial charge in [-0.15, -0.1) is 0 Å². The summed E-state index contributed by atoms with van der Waals surface area (Å²) in [5.41, 5.74) is 2.22. The number of methoxy groups -OCH3 is 1. The summed E-state index contributed by atoms with van der Waals surface area (Å²) >= 11 is 0. The molecule has 0 spiro atoms. The number of guanidine groups is 1. The first-order chi connectivity index (χ1) is 13.7. The smallest absolute Gasteiger partial charge is 0.193 e. The van der Waals surface area contributed by atoms with Gasteiger partial charge in [0.2, 0.25) is 0 Å². The summed E-state index contributed by atoms with van der Waals surface area (Å²) in [7, 11) is 1.70. The first-order valence-corrected chi connectivity index (χ1v) is 10.2. The molecule has 3 rings (SSSR count). The van der Waals surface area contributed by atoms with Crippen LogP contribution >= 0.6 is 0 Å². The number of aromatic nitrogens is 2. The van der Waals surface area contributed by atoms with Gasteiger partial charge >= 0.3 is 0 Å². The predicted octanol–water partition coefficient (Wildman–Crippen LogP) is 2.30. The molecule has 7 heteroatoms. The topological polar surface area (TPSA) is 63.9 Å². The molecular weight excluding hydrogens is 354 g/mol. The highest BCUT2D eigenvalue weighted by Crippen LogP contribution is 2.17. The molecule has 0 aliphatic carbocycles. The van der Waals surface area contributed by atoms with Crippen molar-refractivity contribution in [3.8, 4) is 0 Å². The van der Waals surface area contributed by atoms with E-state index in [1.165, 1.54) is 5.52 Å². The Morgan fingerprint density at radius 2 is 2.18 bits per heavy atom. The van der Waals surface area contributed by atoms with Crippen molar-refractivity contribution >= 4 is 17.0 Å². The number of para-hydroxylation sites is 2. The SMILES string of the molecule is CCNC(=NCCn1c(C)nc2ccccc21)N1CCC(COCCOC)C1. The van der Waals surface area contributed by atoms with E-state index in [0.717, 1.165) is 63.1 Å². The second kappa shape index (κ2) is 10.4. The number of ether oxygens (including phenoxy) is 2. The number of nitrogens with zero attached hydrogens (tertiary/aromatic N) is 4. The zero-order chi connectivity index (χ0) is 19.8. The molecule has 28 heavy (non-hydrogen) atoms. The Morgan fingerprint density at radius 3 is 3.00 bits per heavy atom. The summed E-state index contributed by atoms with van der Waals surface area (Å²) < 4.78 is 13.0. The zero-order valence-electron chi connectivity index (χ0n) is 17.4. The molecule has 1 N–H and O–H groups in total. The first-order valence-electron chi connectivity index (χ1n) is 10.2. The minimum Gasteiger partial charge on any atom is -0.382 e. The minimum atomic E-state index is 0.556. The number of aliphatic imine (C=N–C) groups is 1. The van der Waals surface area contributed by atoms with Crippen LogP contribution < -0.4 is 5.32 Å². The number of rotatable bonds is 9. The van der Waals surface area contributed by atoms with Crippen LogP contribution in [0.25, 0.3) is 11.0 Å². The van der Waals surface area contributed by atoms with Gasteiger partial charge in [0.15, 0.2) is 5.96 Å². The van der Waals surface area contributed by atoms with Gasteiger partial charge in [-0.25, -0.2) is 4.98 Å². The maximum atomic E-state index is 5.71. The molecule has 0 saturated carbocycles. The number of aryl methyl sites for hydroxylation is 1. The fraction of sp³-hybridized carbons (Fsp3) is 0.619. The summed E-state index contributed by atoms with van der Waals surface area (Å²) in [6, 6.07) is 8.28. The zero-order valence-corrected chi connectivity index (χ0v) is 17.4. The Hall–Kier alpha value is -2.12. The normalized spacial score (nSPS) is 17.6. The van der Waals surface area contributed by atoms with Crippen LogP contribution in [0.4, 0.5) is 0 Å². The number of imidazole rings is 1. The van der Waals surface area contributed by atoms with E-state index in [1.807, 2.05) is 6.07 Å². The van der Waals surface area contributed by atoms with Crippen LogP contribution in [0.15, 0.2) is 29.3 Å². The standard InChI is InChI=1S/C21H33N5O2/c1-4-22-21(25-11-9-18(15-25)16-28-14-13-27-3)23-10-12-26-17(2)24-19-7-5-6-8-20(19)26/h5-8,18H,4,9-16H2,1-3H3,(H,22,23). The van der Waals surface area contributed by atoms with Crippen molar-refractivity contribution in [2.45, 2.75) is 26.8 Å². The molecular formula is C21H33N5O2. The minimum absolute atomic E-state index is 0.556. The first kappa shape index (κ1) is 20.6. The van der Waals surface area contributed by atoms with Gasteiger partial charge in [0.25, 0.3) is 0 Å². The monoisotopic (exact) mass is 387 g/mol. The Morgan fingerprint density at radius 1 is 1.32 bits per heavy atom. The molecule has 0 bridgehead atoms. The second-order valence-corrected chi connectivity index (χ2v) is 7.20. The number of nitrogens with one attached hydrogen (secondary N) is 1. The molecule has 1 unspecified atom stereocenters. The van der Waals surface area contributed by atoms with Gasteiger partial charge in [0.1, 0.15) is 5.82 Å². The molecule has 0 radical (unpaired) electrons. The van der Waals surface area contributed by atoms with Crippen molar-refractivity contribution < 1.29 is 9.47 Å². The van der Waals surface area contributed by atoms with Gasteiger partial charge in [0.05, 0.1) is 37.4 Å². The molecule has 1 aromatic heterocycles. The van der Waals surface area contributed by atoms with E-state index >= 15 is 0 Å². The van der Waals surface area contributed by atoms with E-state index in [4.69, 9.17) is 14.5 Å². The van der Waals surface area contributed by atoms with Crippen molar-refractivity contribution in [1.82, 2.24) is 19.8 Å². The van der Waals surface area contributed by atoms with Crippen LogP contribution in [0, 0.1) is 12.8 Å². The molecule has 154 valence electrons. The molecule has 2 heterocycles. The van der Waals surface area contributed by atoms with Crippen LogP contribution in [-0.2, 0) is 16.0 Å². The largest absolute Gasteiger partial charge is 0.382 e. The van der Waals surface area contributed by atoms with Gasteiger partial charge < -0.3 is 24.3 Å². The Bertz CT molecular complexity index is 773. The molecule has 1 fully saturated rings. The van der Waals surface area contributed by atoms with Gasteiger partial charge in [-0.2, -0.15) is 0 Å². The lowest BCUT2D eigenvalue weighted by Gasteiger charge is -2.22. The molecule has 1 aliphatic rings. The molecule has 0 amide bonds. The average molecular weight is 388 g/mol. The van der Waals surface area contributed by atoms with E-state index in [9.17, 15) is 0 Å². The van der Waals surface area contributed by atoms with E-state index in [-0.39, 0.29) is 0 Å². The van der Waals surface area contributed by atoms with Gasteiger partial charge in [-0.05, 0) is 32.4 Å². The quantitative estimate of drug-likeness (QED) is 0.406. The number of likely N-dealkylation sites (tertiary alicyclic amines) is 1. The van der Waals surface area contributed by atoms with Gasteiger partial charge in [-0.1, -0.05) is 12.1 Å². The fourth-order valence-electron chi connectivity index (χ4n) is 3.71. The Balaban J connectivity index is 1.56. The second-order valence-electron chi connectivity index (χ2n) is 7.20. The maximum Gasteiger partial charge on any atom is 0.193 e. The Kier molecular flexibility index (Phi) is 7.68. The van der Waals surface area contributed by atoms with Crippen molar-refractivity contribution in [2.24, 2.45) is 10.9 Å². The van der Waals surface area contributed by atoms with Gasteiger partial charge in [-0.3, -0.25) is 4.99 Å². The third-order valence-electron chi connectivity index (χ3n) is 5.14. The lowest BCUT2D eigenvalue weighted by atomic mass is 10.1. The average Bonchev–Trinajstić information content (AvgIpc) is 3.29. The number of hydrogen-bond acceptors (Lipinski definition) is 4. The van der Waals surface area contributed by atoms with Crippen molar-refractivity contribution in [1.29, 1.82) is 0 Å². The van der Waals surface area contributed by atoms with Crippen molar-refractivity contribution in [3.63, 3.8) is 0 Å². The number of benzene rings is 1. The van der Waals surface area contributed by atoms with Crippen LogP contribution in [0.2, 0.25) is 0 Å². The lowest BCUT2D eigenvalue weighted by molar-refractivity contribution is 0.0536. The summed E-state index contributed by atoms with van der Waals surface area (Å²) in [6.45, 7) is 10.7. The summed E-state index contributed by atoms with van der Waals surface area (Å²) in [6.07, 6.45) is 1.14. The van der Waals surface area contributed by atoms with Crippen molar-refractivity contribution in [2.75, 3.05) is 53.1 Å². The van der Waals surface area contributed by atoms with Crippen LogP contribution in [0.3, 0.4) is 0 Å². The highest BCUT2D eigenvalue weighted by molar-refractivity contribution is 5.80. The number of fused-ring (bicyclic) bond motifs is 1. The molecule has 2 aromatic rings. The van der Waals surface area contributed by atoms with Crippen molar-refractivity contribution in [3.05, 3.63) is 30.1 Å². The van der Waals surface area contributed by atoms with E-state index < -0.39 is 0 Å². The van der Waals surface area contributed by atoms with E-state index in [1.54, 1.807) is 7.11 Å². The molecule has 1 atom stereocenters. The highest BCUT2D eigenvalue weighted by atomic mass is 16.5. The van der Waals surface area contributed by atoms with E-state index in [0.29, 0.717) is 19.1 Å².